The van der Waals surface area contributed by atoms with E-state index in [-0.39, 0.29) is 17.1 Å². The third kappa shape index (κ3) is 4.26. The molecule has 0 spiro atoms. The number of aromatic hydroxyl groups is 1. The van der Waals surface area contributed by atoms with Gasteiger partial charge in [0, 0.05) is 0 Å². The summed E-state index contributed by atoms with van der Waals surface area (Å²) in [6.45, 7) is 2.22. The lowest BCUT2D eigenvalue weighted by atomic mass is 10.1. The van der Waals surface area contributed by atoms with Gasteiger partial charge < -0.3 is 10.8 Å². The molecule has 0 saturated carbocycles. The Morgan fingerprint density at radius 2 is 1.86 bits per heavy atom. The zero-order valence-corrected chi connectivity index (χ0v) is 15.6. The molecule has 0 bridgehead atoms. The largest absolute Gasteiger partial charge is 0.505 e. The summed E-state index contributed by atoms with van der Waals surface area (Å²) < 4.78 is 4.48. The molecule has 0 aliphatic rings. The van der Waals surface area contributed by atoms with Crippen molar-refractivity contribution in [1.29, 1.82) is 0 Å². The van der Waals surface area contributed by atoms with Gasteiger partial charge in [-0.15, -0.1) is 9.45 Å². The van der Waals surface area contributed by atoms with Gasteiger partial charge >= 0.3 is 0 Å². The summed E-state index contributed by atoms with van der Waals surface area (Å²) >= 11 is 0.675. The zero-order chi connectivity index (χ0) is 19.9. The van der Waals surface area contributed by atoms with Gasteiger partial charge in [0.1, 0.15) is 11.4 Å². The lowest BCUT2D eigenvalue weighted by molar-refractivity contribution is -0.432. The van der Waals surface area contributed by atoms with E-state index < -0.39 is 0 Å². The second kappa shape index (κ2) is 9.24. The van der Waals surface area contributed by atoms with Gasteiger partial charge in [0.2, 0.25) is 0 Å². The van der Waals surface area contributed by atoms with E-state index in [2.05, 4.69) is 29.8 Å². The number of nitrogens with two attached hydrogens (primary N) is 1. The van der Waals surface area contributed by atoms with E-state index in [0.717, 1.165) is 0 Å². The summed E-state index contributed by atoms with van der Waals surface area (Å²) in [7, 11) is 0. The first-order chi connectivity index (χ1) is 13.7. The molecule has 3 rings (SSSR count). The minimum atomic E-state index is -0.187. The maximum Gasteiger partial charge on any atom is 0.154 e. The van der Waals surface area contributed by atoms with Crippen LogP contribution in [0.25, 0.3) is 10.8 Å². The Hall–Kier alpha value is -3.05. The third-order valence-corrected chi connectivity index (χ3v) is 4.35. The van der Waals surface area contributed by atoms with E-state index in [4.69, 9.17) is 11.0 Å². The van der Waals surface area contributed by atoms with Crippen LogP contribution >= 0.6 is 12.0 Å². The summed E-state index contributed by atoms with van der Waals surface area (Å²) in [6, 6.07) is 14.3. The van der Waals surface area contributed by atoms with Crippen molar-refractivity contribution in [2.45, 2.75) is 11.8 Å². The molecule has 28 heavy (non-hydrogen) atoms. The molecule has 10 heteroatoms. The molecule has 0 aliphatic carbocycles. The summed E-state index contributed by atoms with van der Waals surface area (Å²) in [4.78, 5) is 0.384. The van der Waals surface area contributed by atoms with Gasteiger partial charge in [-0.2, -0.15) is 15.3 Å². The standard InChI is InChI=1S/C18H17N5O4S/c1-2-20-23-17-14(28-27-26-25)10-11-8-9-13(16(19)15(11)18(17)24)22-21-12-6-4-3-5-7-12/h3-10,24-25H,2,19H2,1H3. The predicted molar refractivity (Wildman–Crippen MR) is 106 cm³/mol. The molecule has 0 atom stereocenters. The van der Waals surface area contributed by atoms with Gasteiger partial charge in [0.15, 0.2) is 5.75 Å². The van der Waals surface area contributed by atoms with Crippen molar-refractivity contribution in [2.24, 2.45) is 20.5 Å². The van der Waals surface area contributed by atoms with Crippen LogP contribution in [0.4, 0.5) is 22.7 Å². The highest BCUT2D eigenvalue weighted by Crippen LogP contribution is 2.47. The molecule has 4 N–H and O–H groups in total. The van der Waals surface area contributed by atoms with Crippen LogP contribution < -0.4 is 5.73 Å². The Morgan fingerprint density at radius 3 is 2.57 bits per heavy atom. The summed E-state index contributed by atoms with van der Waals surface area (Å²) in [5.74, 6) is -0.187. The molecular formula is C18H17N5O4S. The van der Waals surface area contributed by atoms with Crippen LogP contribution in [0.15, 0.2) is 73.9 Å². The van der Waals surface area contributed by atoms with Crippen LogP contribution in [-0.4, -0.2) is 16.9 Å². The number of phenols is 1. The fourth-order valence-corrected chi connectivity index (χ4v) is 3.00. The zero-order valence-electron chi connectivity index (χ0n) is 14.8. The first-order valence-corrected chi connectivity index (χ1v) is 8.97. The number of rotatable bonds is 7. The van der Waals surface area contributed by atoms with Crippen molar-refractivity contribution in [2.75, 3.05) is 12.3 Å². The van der Waals surface area contributed by atoms with Gasteiger partial charge in [-0.05, 0) is 36.6 Å². The molecule has 0 saturated heterocycles. The number of phenolic OH excluding ortho intramolecular Hbond substituents is 1. The number of hydrogen-bond acceptors (Lipinski definition) is 10. The van der Waals surface area contributed by atoms with Gasteiger partial charge in [-0.25, -0.2) is 5.26 Å². The molecule has 0 fully saturated rings. The van der Waals surface area contributed by atoms with Crippen molar-refractivity contribution >= 4 is 45.6 Å². The van der Waals surface area contributed by atoms with E-state index in [9.17, 15) is 5.11 Å². The Labute approximate surface area is 164 Å². The maximum absolute atomic E-state index is 10.8. The number of nitrogen functional groups attached to an aromatic ring is 1. The molecule has 0 radical (unpaired) electrons. The topological polar surface area (TPSA) is 134 Å². The van der Waals surface area contributed by atoms with Crippen molar-refractivity contribution in [1.82, 2.24) is 0 Å². The van der Waals surface area contributed by atoms with Crippen LogP contribution in [0, 0.1) is 0 Å². The smallest absolute Gasteiger partial charge is 0.154 e. The average molecular weight is 399 g/mol. The SMILES string of the molecule is CCN=Nc1c(SOOO)cc2ccc(N=Nc3ccccc3)c(N)c2c1O. The van der Waals surface area contributed by atoms with Gasteiger partial charge in [-0.3, -0.25) is 0 Å². The highest BCUT2D eigenvalue weighted by molar-refractivity contribution is 7.94. The van der Waals surface area contributed by atoms with Gasteiger partial charge in [0.05, 0.1) is 40.2 Å². The minimum absolute atomic E-state index is 0.139. The van der Waals surface area contributed by atoms with Gasteiger partial charge in [0.25, 0.3) is 0 Å². The van der Waals surface area contributed by atoms with E-state index in [1.54, 1.807) is 25.1 Å². The average Bonchev–Trinajstić information content (AvgIpc) is 2.71. The predicted octanol–water partition coefficient (Wildman–Crippen LogP) is 6.07. The van der Waals surface area contributed by atoms with Crippen LogP contribution in [0.5, 0.6) is 5.75 Å². The van der Waals surface area contributed by atoms with E-state index in [1.165, 1.54) is 0 Å². The van der Waals surface area contributed by atoms with Crippen LogP contribution in [0.3, 0.4) is 0 Å². The first-order valence-electron chi connectivity index (χ1n) is 8.23. The molecule has 0 amide bonds. The fourth-order valence-electron chi connectivity index (χ4n) is 2.50. The molecule has 144 valence electrons. The normalized spacial score (nSPS) is 11.8. The highest BCUT2D eigenvalue weighted by Gasteiger charge is 2.18. The molecule has 3 aromatic rings. The van der Waals surface area contributed by atoms with E-state index in [1.807, 2.05) is 30.3 Å². The second-order valence-corrected chi connectivity index (χ2v) is 6.23. The Morgan fingerprint density at radius 1 is 1.07 bits per heavy atom. The second-order valence-electron chi connectivity index (χ2n) is 5.49. The number of hydrogen-bond donors (Lipinski definition) is 3. The number of benzene rings is 3. The molecule has 9 nitrogen and oxygen atoms in total. The Balaban J connectivity index is 2.11. The van der Waals surface area contributed by atoms with Crippen molar-refractivity contribution in [3.8, 4) is 5.75 Å². The fraction of sp³-hybridized carbons (Fsp3) is 0.111. The van der Waals surface area contributed by atoms with Crippen LogP contribution in [0.1, 0.15) is 6.92 Å². The van der Waals surface area contributed by atoms with Gasteiger partial charge in [-0.1, -0.05) is 29.3 Å². The first kappa shape index (κ1) is 19.7. The summed E-state index contributed by atoms with van der Waals surface area (Å²) in [5, 5.41) is 40.1. The molecule has 0 heterocycles. The molecule has 3 aromatic carbocycles. The maximum atomic E-state index is 10.8. The lowest BCUT2D eigenvalue weighted by Gasteiger charge is -2.11. The lowest BCUT2D eigenvalue weighted by Crippen LogP contribution is -1.90. The quantitative estimate of drug-likeness (QED) is 0.145. The Kier molecular flexibility index (Phi) is 6.50. The van der Waals surface area contributed by atoms with Crippen molar-refractivity contribution in [3.05, 3.63) is 48.5 Å². The minimum Gasteiger partial charge on any atom is -0.505 e. The number of anilines is 1. The van der Waals surface area contributed by atoms with Crippen molar-refractivity contribution in [3.63, 3.8) is 0 Å². The molecular weight excluding hydrogens is 382 g/mol. The van der Waals surface area contributed by atoms with Crippen LogP contribution in [-0.2, 0) is 9.37 Å². The molecule has 0 aliphatic heterocycles. The summed E-state index contributed by atoms with van der Waals surface area (Å²) in [5.41, 5.74) is 7.71. The molecule has 0 unspecified atom stereocenters. The monoisotopic (exact) mass is 399 g/mol. The summed E-state index contributed by atoms with van der Waals surface area (Å²) in [6.07, 6.45) is 0. The number of nitrogens with zero attached hydrogens (tertiary/aromatic N) is 4. The van der Waals surface area contributed by atoms with E-state index >= 15 is 0 Å². The van der Waals surface area contributed by atoms with Crippen LogP contribution in [0.2, 0.25) is 0 Å². The number of fused-ring (bicyclic) bond motifs is 1. The van der Waals surface area contributed by atoms with E-state index in [0.29, 0.717) is 45.6 Å². The van der Waals surface area contributed by atoms with Crippen molar-refractivity contribution < 1.29 is 19.7 Å². The number of azo groups is 2. The highest BCUT2D eigenvalue weighted by atomic mass is 32.2. The third-order valence-electron chi connectivity index (χ3n) is 3.73. The Bertz CT molecular complexity index is 1030. The molecule has 0 aromatic heterocycles.